The van der Waals surface area contributed by atoms with Crippen molar-refractivity contribution in [1.82, 2.24) is 9.97 Å². The lowest BCUT2D eigenvalue weighted by atomic mass is 10.2. The smallest absolute Gasteiger partial charge is 0.350 e. The first-order chi connectivity index (χ1) is 8.23. The minimum Gasteiger partial charge on any atom is -0.350 e. The molecule has 0 saturated carbocycles. The fourth-order valence-corrected chi connectivity index (χ4v) is 1.33. The molecular formula is C10H16F3N5. The van der Waals surface area contributed by atoms with Crippen LogP contribution in [-0.4, -0.2) is 29.7 Å². The second-order valence-electron chi connectivity index (χ2n) is 4.24. The summed E-state index contributed by atoms with van der Waals surface area (Å²) in [5.74, 6) is 6.14. The molecule has 1 rings (SSSR count). The van der Waals surface area contributed by atoms with E-state index < -0.39 is 12.7 Å². The van der Waals surface area contributed by atoms with Crippen molar-refractivity contribution in [3.05, 3.63) is 11.9 Å². The number of hydrazine groups is 1. The van der Waals surface area contributed by atoms with Crippen LogP contribution in [0.5, 0.6) is 0 Å². The molecule has 0 aliphatic carbocycles. The van der Waals surface area contributed by atoms with Gasteiger partial charge in [-0.1, -0.05) is 13.8 Å². The van der Waals surface area contributed by atoms with E-state index in [4.69, 9.17) is 5.84 Å². The largest absolute Gasteiger partial charge is 0.405 e. The van der Waals surface area contributed by atoms with E-state index in [1.807, 2.05) is 13.8 Å². The van der Waals surface area contributed by atoms with E-state index in [0.717, 1.165) is 4.90 Å². The molecule has 102 valence electrons. The van der Waals surface area contributed by atoms with E-state index in [0.29, 0.717) is 5.82 Å². The Labute approximate surface area is 103 Å². The van der Waals surface area contributed by atoms with Gasteiger partial charge in [0.25, 0.3) is 0 Å². The lowest BCUT2D eigenvalue weighted by molar-refractivity contribution is -0.119. The monoisotopic (exact) mass is 263 g/mol. The number of rotatable bonds is 4. The fraction of sp³-hybridized carbons (Fsp3) is 0.600. The quantitative estimate of drug-likeness (QED) is 0.641. The van der Waals surface area contributed by atoms with Gasteiger partial charge in [-0.05, 0) is 0 Å². The van der Waals surface area contributed by atoms with Crippen molar-refractivity contribution in [3.63, 3.8) is 0 Å². The van der Waals surface area contributed by atoms with E-state index >= 15 is 0 Å². The first-order valence-corrected chi connectivity index (χ1v) is 5.36. The minimum atomic E-state index is -4.28. The molecule has 1 aromatic rings. The van der Waals surface area contributed by atoms with E-state index in [-0.39, 0.29) is 17.6 Å². The number of hydrogen-bond donors (Lipinski definition) is 2. The molecule has 18 heavy (non-hydrogen) atoms. The van der Waals surface area contributed by atoms with Crippen LogP contribution < -0.4 is 16.2 Å². The molecule has 8 heteroatoms. The normalized spacial score (nSPS) is 11.8. The number of alkyl halides is 3. The lowest BCUT2D eigenvalue weighted by Crippen LogP contribution is -2.32. The molecule has 0 atom stereocenters. The zero-order valence-corrected chi connectivity index (χ0v) is 10.4. The van der Waals surface area contributed by atoms with Crippen LogP contribution in [0.3, 0.4) is 0 Å². The van der Waals surface area contributed by atoms with Crippen LogP contribution in [0.1, 0.15) is 25.6 Å². The van der Waals surface area contributed by atoms with Crippen molar-refractivity contribution < 1.29 is 13.2 Å². The molecule has 0 aromatic carbocycles. The Bertz CT molecular complexity index is 405. The van der Waals surface area contributed by atoms with Gasteiger partial charge < -0.3 is 10.3 Å². The summed E-state index contributed by atoms with van der Waals surface area (Å²) in [6.45, 7) is 2.62. The Kier molecular flexibility index (Phi) is 4.33. The third kappa shape index (κ3) is 4.02. The van der Waals surface area contributed by atoms with Crippen molar-refractivity contribution in [2.45, 2.75) is 25.9 Å². The molecule has 1 heterocycles. The van der Waals surface area contributed by atoms with Crippen LogP contribution in [0.15, 0.2) is 6.07 Å². The predicted octanol–water partition coefficient (Wildman–Crippen LogP) is 1.88. The van der Waals surface area contributed by atoms with Gasteiger partial charge in [-0.3, -0.25) is 0 Å². The van der Waals surface area contributed by atoms with Crippen LogP contribution in [0.25, 0.3) is 0 Å². The first-order valence-electron chi connectivity index (χ1n) is 5.36. The number of halogens is 3. The summed E-state index contributed by atoms with van der Waals surface area (Å²) in [6, 6.07) is 1.37. The van der Waals surface area contributed by atoms with Crippen molar-refractivity contribution in [2.24, 2.45) is 5.84 Å². The summed E-state index contributed by atoms with van der Waals surface area (Å²) in [4.78, 5) is 9.17. The molecule has 0 fully saturated rings. The third-order valence-corrected chi connectivity index (χ3v) is 2.20. The number of anilines is 2. The number of nitrogens with one attached hydrogen (secondary N) is 1. The van der Waals surface area contributed by atoms with Gasteiger partial charge >= 0.3 is 6.18 Å². The molecule has 0 radical (unpaired) electrons. The van der Waals surface area contributed by atoms with E-state index in [2.05, 4.69) is 15.4 Å². The van der Waals surface area contributed by atoms with Crippen molar-refractivity contribution in [2.75, 3.05) is 23.9 Å². The highest BCUT2D eigenvalue weighted by molar-refractivity contribution is 5.48. The first kappa shape index (κ1) is 14.5. The predicted molar refractivity (Wildman–Crippen MR) is 63.3 cm³/mol. The Morgan fingerprint density at radius 3 is 2.44 bits per heavy atom. The van der Waals surface area contributed by atoms with Crippen LogP contribution >= 0.6 is 0 Å². The summed E-state index contributed by atoms with van der Waals surface area (Å²) in [5, 5.41) is 0. The molecule has 3 N–H and O–H groups in total. The van der Waals surface area contributed by atoms with Crippen LogP contribution in [0.2, 0.25) is 0 Å². The second-order valence-corrected chi connectivity index (χ2v) is 4.24. The molecule has 0 bridgehead atoms. The van der Waals surface area contributed by atoms with Gasteiger partial charge in [-0.25, -0.2) is 15.8 Å². The summed E-state index contributed by atoms with van der Waals surface area (Å²) < 4.78 is 36.9. The summed E-state index contributed by atoms with van der Waals surface area (Å²) in [7, 11) is 1.32. The topological polar surface area (TPSA) is 67.1 Å². The number of nitrogens with two attached hydrogens (primary N) is 1. The highest BCUT2D eigenvalue weighted by atomic mass is 19.4. The van der Waals surface area contributed by atoms with E-state index in [1.165, 1.54) is 13.1 Å². The van der Waals surface area contributed by atoms with Gasteiger partial charge in [0.05, 0.1) is 0 Å². The number of aromatic nitrogens is 2. The molecule has 0 spiro atoms. The van der Waals surface area contributed by atoms with Crippen molar-refractivity contribution in [3.8, 4) is 0 Å². The summed E-state index contributed by atoms with van der Waals surface area (Å²) in [6.07, 6.45) is -4.28. The van der Waals surface area contributed by atoms with Crippen molar-refractivity contribution in [1.29, 1.82) is 0 Å². The maximum atomic E-state index is 12.3. The molecule has 0 aliphatic rings. The maximum Gasteiger partial charge on any atom is 0.405 e. The maximum absolute atomic E-state index is 12.3. The molecule has 0 aliphatic heterocycles. The molecule has 1 aromatic heterocycles. The molecule has 5 nitrogen and oxygen atoms in total. The zero-order valence-electron chi connectivity index (χ0n) is 10.4. The molecule has 0 amide bonds. The van der Waals surface area contributed by atoms with Gasteiger partial charge in [0.2, 0.25) is 0 Å². The van der Waals surface area contributed by atoms with Gasteiger partial charge in [0.15, 0.2) is 0 Å². The lowest BCUT2D eigenvalue weighted by Gasteiger charge is -2.21. The van der Waals surface area contributed by atoms with Crippen molar-refractivity contribution >= 4 is 11.6 Å². The zero-order chi connectivity index (χ0) is 13.9. The third-order valence-electron chi connectivity index (χ3n) is 2.20. The van der Waals surface area contributed by atoms with Gasteiger partial charge in [0, 0.05) is 19.0 Å². The van der Waals surface area contributed by atoms with Gasteiger partial charge in [0.1, 0.15) is 24.0 Å². The highest BCUT2D eigenvalue weighted by Gasteiger charge is 2.30. The van der Waals surface area contributed by atoms with Crippen LogP contribution in [-0.2, 0) is 0 Å². The van der Waals surface area contributed by atoms with E-state index in [9.17, 15) is 13.2 Å². The van der Waals surface area contributed by atoms with Crippen LogP contribution in [0.4, 0.5) is 24.8 Å². The fourth-order valence-electron chi connectivity index (χ4n) is 1.33. The summed E-state index contributed by atoms with van der Waals surface area (Å²) in [5.41, 5.74) is 2.32. The highest BCUT2D eigenvalue weighted by Crippen LogP contribution is 2.22. The van der Waals surface area contributed by atoms with Crippen LogP contribution in [0, 0.1) is 0 Å². The Morgan fingerprint density at radius 2 is 2.00 bits per heavy atom. The number of nitrogen functional groups attached to an aromatic ring is 1. The molecule has 0 unspecified atom stereocenters. The second kappa shape index (κ2) is 5.38. The minimum absolute atomic E-state index is 0.00339. The Balaban J connectivity index is 3.04. The number of hydrogen-bond acceptors (Lipinski definition) is 5. The standard InChI is InChI=1S/C10H16F3N5/c1-6(2)9-15-7(17-14)4-8(16-9)18(3)5-10(11,12)13/h4,6H,5,14H2,1-3H3,(H,15,16,17). The Hall–Kier alpha value is -1.57. The molecule has 0 saturated heterocycles. The average Bonchev–Trinajstić information content (AvgIpc) is 2.26. The SMILES string of the molecule is CC(C)c1nc(NN)cc(N(C)CC(F)(F)F)n1. The summed E-state index contributed by atoms with van der Waals surface area (Å²) >= 11 is 0. The van der Waals surface area contributed by atoms with E-state index in [1.54, 1.807) is 0 Å². The Morgan fingerprint density at radius 1 is 1.39 bits per heavy atom. The van der Waals surface area contributed by atoms with Gasteiger partial charge in [-0.15, -0.1) is 0 Å². The van der Waals surface area contributed by atoms with Gasteiger partial charge in [-0.2, -0.15) is 13.2 Å². The average molecular weight is 263 g/mol. The molecular weight excluding hydrogens is 247 g/mol. The number of nitrogens with zero attached hydrogens (tertiary/aromatic N) is 3.